The van der Waals surface area contributed by atoms with E-state index in [-0.39, 0.29) is 0 Å². The molecule has 0 spiro atoms. The van der Waals surface area contributed by atoms with Crippen LogP contribution < -0.4 is 5.73 Å². The summed E-state index contributed by atoms with van der Waals surface area (Å²) in [6.07, 6.45) is 1.17. The molecule has 0 aromatic carbocycles. The van der Waals surface area contributed by atoms with E-state index in [4.69, 9.17) is 10.2 Å². The second-order valence-electron chi connectivity index (χ2n) is 3.88. The van der Waals surface area contributed by atoms with Gasteiger partial charge >= 0.3 is 0 Å². The van der Waals surface area contributed by atoms with Crippen molar-refractivity contribution in [3.8, 4) is 0 Å². The molecule has 1 aromatic heterocycles. The quantitative estimate of drug-likeness (QED) is 0.882. The molecule has 14 heavy (non-hydrogen) atoms. The number of hydrogen-bond acceptors (Lipinski definition) is 3. The number of nitrogens with two attached hydrogens (primary N) is 1. The van der Waals surface area contributed by atoms with Crippen LogP contribution in [0.3, 0.4) is 0 Å². The number of halogens is 1. The predicted molar refractivity (Wildman–Crippen MR) is 59.2 cm³/mol. The van der Waals surface area contributed by atoms with E-state index in [2.05, 4.69) is 27.9 Å². The molecule has 2 heterocycles. The molecule has 2 rings (SSSR count). The highest BCUT2D eigenvalue weighted by Gasteiger charge is 2.26. The van der Waals surface area contributed by atoms with Gasteiger partial charge in [-0.2, -0.15) is 0 Å². The zero-order chi connectivity index (χ0) is 10.1. The van der Waals surface area contributed by atoms with Gasteiger partial charge in [0.2, 0.25) is 0 Å². The summed E-state index contributed by atoms with van der Waals surface area (Å²) in [5, 5.41) is 0. The first kappa shape index (κ1) is 10.2. The van der Waals surface area contributed by atoms with Crippen LogP contribution in [-0.4, -0.2) is 25.0 Å². The third-order valence-electron chi connectivity index (χ3n) is 2.73. The van der Waals surface area contributed by atoms with Crippen LogP contribution in [0.25, 0.3) is 0 Å². The van der Waals surface area contributed by atoms with Gasteiger partial charge in [-0.1, -0.05) is 0 Å². The van der Waals surface area contributed by atoms with Gasteiger partial charge in [-0.25, -0.2) is 0 Å². The van der Waals surface area contributed by atoms with E-state index >= 15 is 0 Å². The van der Waals surface area contributed by atoms with Gasteiger partial charge in [0.05, 0.1) is 11.0 Å². The van der Waals surface area contributed by atoms with E-state index in [0.29, 0.717) is 12.5 Å². The largest absolute Gasteiger partial charge is 0.463 e. The number of nitrogens with zero attached hydrogens (tertiary/aromatic N) is 1. The average Bonchev–Trinajstić information content (AvgIpc) is 2.71. The molecule has 0 aliphatic carbocycles. The first-order valence-corrected chi connectivity index (χ1v) is 5.66. The standard InChI is InChI=1S/C10H15BrN2O/c1-13-3-2-7(6-13)10-9(11)4-8(5-12)14-10/h4,7H,2-3,5-6,12H2,1H3. The van der Waals surface area contributed by atoms with E-state index in [1.807, 2.05) is 6.07 Å². The van der Waals surface area contributed by atoms with Gasteiger partial charge < -0.3 is 15.1 Å². The van der Waals surface area contributed by atoms with Crippen LogP contribution >= 0.6 is 15.9 Å². The summed E-state index contributed by atoms with van der Waals surface area (Å²) in [6, 6.07) is 1.98. The Kier molecular flexibility index (Phi) is 2.95. The van der Waals surface area contributed by atoms with Crippen LogP contribution in [0.1, 0.15) is 23.9 Å². The van der Waals surface area contributed by atoms with Crippen molar-refractivity contribution < 1.29 is 4.42 Å². The third-order valence-corrected chi connectivity index (χ3v) is 3.35. The summed E-state index contributed by atoms with van der Waals surface area (Å²) in [5.74, 6) is 2.45. The smallest absolute Gasteiger partial charge is 0.122 e. The zero-order valence-corrected chi connectivity index (χ0v) is 9.88. The Morgan fingerprint density at radius 1 is 1.71 bits per heavy atom. The fourth-order valence-electron chi connectivity index (χ4n) is 1.96. The number of rotatable bonds is 2. The highest BCUT2D eigenvalue weighted by Crippen LogP contribution is 2.33. The first-order valence-electron chi connectivity index (χ1n) is 4.87. The lowest BCUT2D eigenvalue weighted by molar-refractivity contribution is 0.389. The minimum atomic E-state index is 0.473. The Balaban J connectivity index is 2.19. The maximum atomic E-state index is 5.70. The third kappa shape index (κ3) is 1.87. The van der Waals surface area contributed by atoms with Crippen molar-refractivity contribution in [2.45, 2.75) is 18.9 Å². The molecule has 78 valence electrons. The Morgan fingerprint density at radius 2 is 2.50 bits per heavy atom. The molecule has 2 N–H and O–H groups in total. The molecule has 0 radical (unpaired) electrons. The first-order chi connectivity index (χ1) is 6.70. The highest BCUT2D eigenvalue weighted by molar-refractivity contribution is 9.10. The van der Waals surface area contributed by atoms with Gasteiger partial charge in [0, 0.05) is 12.5 Å². The van der Waals surface area contributed by atoms with Crippen LogP contribution in [0, 0.1) is 0 Å². The van der Waals surface area contributed by atoms with Crippen molar-refractivity contribution in [1.29, 1.82) is 0 Å². The van der Waals surface area contributed by atoms with Crippen LogP contribution in [0.2, 0.25) is 0 Å². The lowest BCUT2D eigenvalue weighted by atomic mass is 10.1. The molecular weight excluding hydrogens is 244 g/mol. The molecule has 1 fully saturated rings. The summed E-state index contributed by atoms with van der Waals surface area (Å²) in [7, 11) is 2.14. The van der Waals surface area contributed by atoms with Crippen molar-refractivity contribution in [2.75, 3.05) is 20.1 Å². The van der Waals surface area contributed by atoms with Crippen molar-refractivity contribution in [2.24, 2.45) is 5.73 Å². The van der Waals surface area contributed by atoms with Gasteiger partial charge in [0.1, 0.15) is 11.5 Å². The van der Waals surface area contributed by atoms with E-state index in [1.54, 1.807) is 0 Å². The van der Waals surface area contributed by atoms with Gasteiger partial charge in [-0.15, -0.1) is 0 Å². The maximum absolute atomic E-state index is 5.70. The molecule has 0 bridgehead atoms. The zero-order valence-electron chi connectivity index (χ0n) is 8.29. The molecule has 1 saturated heterocycles. The Hall–Kier alpha value is -0.320. The fourth-order valence-corrected chi connectivity index (χ4v) is 2.62. The number of likely N-dealkylation sites (N-methyl/N-ethyl adjacent to an activating group) is 1. The summed E-state index contributed by atoms with van der Waals surface area (Å²) in [6.45, 7) is 2.70. The molecule has 1 aliphatic rings. The monoisotopic (exact) mass is 258 g/mol. The van der Waals surface area contributed by atoms with Crippen molar-refractivity contribution in [1.82, 2.24) is 4.90 Å². The van der Waals surface area contributed by atoms with E-state index in [0.717, 1.165) is 29.1 Å². The fraction of sp³-hybridized carbons (Fsp3) is 0.600. The molecule has 3 nitrogen and oxygen atoms in total. The normalized spacial score (nSPS) is 23.2. The van der Waals surface area contributed by atoms with E-state index in [1.165, 1.54) is 6.42 Å². The summed E-state index contributed by atoms with van der Waals surface area (Å²) in [5.41, 5.74) is 5.53. The van der Waals surface area contributed by atoms with Gasteiger partial charge in [-0.05, 0) is 42.0 Å². The van der Waals surface area contributed by atoms with Crippen molar-refractivity contribution >= 4 is 15.9 Å². The minimum absolute atomic E-state index is 0.473. The summed E-state index contributed by atoms with van der Waals surface area (Å²) < 4.78 is 6.77. The summed E-state index contributed by atoms with van der Waals surface area (Å²) in [4.78, 5) is 2.32. The van der Waals surface area contributed by atoms with Crippen molar-refractivity contribution in [3.05, 3.63) is 22.1 Å². The SMILES string of the molecule is CN1CCC(c2oc(CN)cc2Br)C1. The molecule has 1 atom stereocenters. The number of furan rings is 1. The molecule has 4 heteroatoms. The highest BCUT2D eigenvalue weighted by atomic mass is 79.9. The Labute approximate surface area is 92.4 Å². The lowest BCUT2D eigenvalue weighted by Gasteiger charge is -2.07. The molecular formula is C10H15BrN2O. The average molecular weight is 259 g/mol. The number of likely N-dealkylation sites (tertiary alicyclic amines) is 1. The van der Waals surface area contributed by atoms with Gasteiger partial charge in [0.25, 0.3) is 0 Å². The lowest BCUT2D eigenvalue weighted by Crippen LogP contribution is -2.13. The molecule has 0 saturated carbocycles. The Bertz CT molecular complexity index is 324. The van der Waals surface area contributed by atoms with Crippen molar-refractivity contribution in [3.63, 3.8) is 0 Å². The van der Waals surface area contributed by atoms with E-state index in [9.17, 15) is 0 Å². The second kappa shape index (κ2) is 4.04. The molecule has 1 aromatic rings. The predicted octanol–water partition coefficient (Wildman–Crippen LogP) is 1.92. The summed E-state index contributed by atoms with van der Waals surface area (Å²) >= 11 is 3.52. The van der Waals surface area contributed by atoms with E-state index < -0.39 is 0 Å². The van der Waals surface area contributed by atoms with Crippen LogP contribution in [0.5, 0.6) is 0 Å². The number of hydrogen-bond donors (Lipinski definition) is 1. The van der Waals surface area contributed by atoms with Gasteiger partial charge in [-0.3, -0.25) is 0 Å². The van der Waals surface area contributed by atoms with Gasteiger partial charge in [0.15, 0.2) is 0 Å². The van der Waals surface area contributed by atoms with Crippen LogP contribution in [0.4, 0.5) is 0 Å². The maximum Gasteiger partial charge on any atom is 0.122 e. The molecule has 1 aliphatic heterocycles. The van der Waals surface area contributed by atoms with Crippen LogP contribution in [0.15, 0.2) is 15.0 Å². The second-order valence-corrected chi connectivity index (χ2v) is 4.73. The van der Waals surface area contributed by atoms with Crippen LogP contribution in [-0.2, 0) is 6.54 Å². The minimum Gasteiger partial charge on any atom is -0.463 e. The molecule has 0 amide bonds. The topological polar surface area (TPSA) is 42.4 Å². The Morgan fingerprint density at radius 3 is 3.00 bits per heavy atom. The molecule has 1 unspecified atom stereocenters.